The monoisotopic (exact) mass is 398 g/mol. The zero-order valence-electron chi connectivity index (χ0n) is 16.0. The Balaban J connectivity index is 1.64. The quantitative estimate of drug-likeness (QED) is 0.372. The minimum Gasteiger partial charge on any atom is -0.293 e. The van der Waals surface area contributed by atoms with Crippen LogP contribution in [0, 0.1) is 20.8 Å². The Bertz CT molecular complexity index is 1120. The van der Waals surface area contributed by atoms with Gasteiger partial charge in [0.1, 0.15) is 4.83 Å². The summed E-state index contributed by atoms with van der Waals surface area (Å²) >= 11 is 2.99. The highest BCUT2D eigenvalue weighted by atomic mass is 32.2. The fraction of sp³-hybridized carbons (Fsp3) is 0.381. The summed E-state index contributed by atoms with van der Waals surface area (Å²) in [6, 6.07) is 4.08. The second kappa shape index (κ2) is 6.91. The smallest absolute Gasteiger partial charge is 0.262 e. The molecule has 0 atom stereocenters. The van der Waals surface area contributed by atoms with Crippen LogP contribution in [0.25, 0.3) is 10.2 Å². The molecule has 2 aromatic heterocycles. The molecule has 27 heavy (non-hydrogen) atoms. The number of hydrogen-bond acceptors (Lipinski definition) is 5. The van der Waals surface area contributed by atoms with E-state index in [2.05, 4.69) is 0 Å². The zero-order chi connectivity index (χ0) is 19.3. The first-order chi connectivity index (χ1) is 12.9. The molecule has 3 aromatic rings. The molecule has 0 N–H and O–H groups in total. The average molecular weight is 399 g/mol. The molecule has 0 fully saturated rings. The van der Waals surface area contributed by atoms with Crippen molar-refractivity contribution in [1.29, 1.82) is 0 Å². The van der Waals surface area contributed by atoms with Crippen LogP contribution in [0.3, 0.4) is 0 Å². The highest BCUT2D eigenvalue weighted by molar-refractivity contribution is 7.99. The third-order valence-corrected chi connectivity index (χ3v) is 7.41. The predicted octanol–water partition coefficient (Wildman–Crippen LogP) is 4.38. The van der Waals surface area contributed by atoms with Crippen molar-refractivity contribution in [3.05, 3.63) is 55.2 Å². The molecule has 0 aliphatic heterocycles. The summed E-state index contributed by atoms with van der Waals surface area (Å²) in [6.45, 7) is 5.99. The number of thioether (sulfide) groups is 1. The molecule has 0 amide bonds. The summed E-state index contributed by atoms with van der Waals surface area (Å²) in [7, 11) is 1.75. The highest BCUT2D eigenvalue weighted by Gasteiger charge is 2.23. The molecule has 6 heteroatoms. The largest absolute Gasteiger partial charge is 0.293 e. The van der Waals surface area contributed by atoms with E-state index in [-0.39, 0.29) is 17.1 Å². The van der Waals surface area contributed by atoms with Gasteiger partial charge in [-0.2, -0.15) is 0 Å². The van der Waals surface area contributed by atoms with Crippen LogP contribution in [0.4, 0.5) is 0 Å². The third-order valence-electron chi connectivity index (χ3n) is 5.19. The van der Waals surface area contributed by atoms with Crippen molar-refractivity contribution in [1.82, 2.24) is 9.55 Å². The molecular formula is C21H22N2O2S2. The average Bonchev–Trinajstić information content (AvgIpc) is 3.16. The molecule has 2 heterocycles. The van der Waals surface area contributed by atoms with E-state index >= 15 is 0 Å². The predicted molar refractivity (Wildman–Crippen MR) is 113 cm³/mol. The van der Waals surface area contributed by atoms with Gasteiger partial charge in [-0.05, 0) is 56.7 Å². The zero-order valence-corrected chi connectivity index (χ0v) is 17.6. The SMILES string of the molecule is Cc1cc(C)c(C(=O)CSc2nc3sc4c(c3c(=O)n2C)CCC4)c(C)c1. The van der Waals surface area contributed by atoms with E-state index in [4.69, 9.17) is 4.98 Å². The first-order valence-corrected chi connectivity index (χ1v) is 10.9. The number of Topliss-reactive ketones (excluding diaryl/α,β-unsaturated/α-hetero) is 1. The van der Waals surface area contributed by atoms with Crippen molar-refractivity contribution < 1.29 is 4.79 Å². The van der Waals surface area contributed by atoms with Gasteiger partial charge in [-0.1, -0.05) is 29.5 Å². The molecule has 1 aliphatic rings. The van der Waals surface area contributed by atoms with Gasteiger partial charge < -0.3 is 0 Å². The maximum atomic E-state index is 12.9. The van der Waals surface area contributed by atoms with E-state index in [1.54, 1.807) is 23.0 Å². The topological polar surface area (TPSA) is 52.0 Å². The van der Waals surface area contributed by atoms with Crippen LogP contribution in [-0.4, -0.2) is 21.1 Å². The standard InChI is InChI=1S/C21H22N2O2S2/c1-11-8-12(2)17(13(3)9-11)15(24)10-26-21-22-19-18(20(25)23(21)4)14-6-5-7-16(14)27-19/h8-9H,5-7,10H2,1-4H3. The van der Waals surface area contributed by atoms with E-state index in [0.29, 0.717) is 5.16 Å². The van der Waals surface area contributed by atoms with E-state index in [1.807, 2.05) is 32.9 Å². The molecule has 0 saturated heterocycles. The molecule has 4 rings (SSSR count). The molecular weight excluding hydrogens is 376 g/mol. The first kappa shape index (κ1) is 18.4. The number of hydrogen-bond donors (Lipinski definition) is 0. The van der Waals surface area contributed by atoms with Crippen molar-refractivity contribution in [2.75, 3.05) is 5.75 Å². The summed E-state index contributed by atoms with van der Waals surface area (Å²) in [4.78, 5) is 32.5. The number of ketones is 1. The van der Waals surface area contributed by atoms with E-state index in [9.17, 15) is 9.59 Å². The van der Waals surface area contributed by atoms with Crippen LogP contribution in [0.15, 0.2) is 22.1 Å². The van der Waals surface area contributed by atoms with Crippen LogP contribution in [0.2, 0.25) is 0 Å². The summed E-state index contributed by atoms with van der Waals surface area (Å²) in [5, 5.41) is 1.40. The van der Waals surface area contributed by atoms with Crippen LogP contribution in [0.1, 0.15) is 43.9 Å². The maximum Gasteiger partial charge on any atom is 0.262 e. The Morgan fingerprint density at radius 3 is 2.63 bits per heavy atom. The molecule has 0 saturated carbocycles. The lowest BCUT2D eigenvalue weighted by Crippen LogP contribution is -2.20. The number of rotatable bonds is 4. The van der Waals surface area contributed by atoms with Gasteiger partial charge in [-0.3, -0.25) is 14.2 Å². The number of aromatic nitrogens is 2. The van der Waals surface area contributed by atoms with Crippen LogP contribution in [-0.2, 0) is 19.9 Å². The summed E-state index contributed by atoms with van der Waals surface area (Å²) in [6.07, 6.45) is 3.15. The minimum absolute atomic E-state index is 0.0112. The van der Waals surface area contributed by atoms with Gasteiger partial charge in [0.25, 0.3) is 5.56 Å². The molecule has 1 aromatic carbocycles. The molecule has 1 aliphatic carbocycles. The van der Waals surface area contributed by atoms with Crippen LogP contribution >= 0.6 is 23.1 Å². The molecule has 0 spiro atoms. The maximum absolute atomic E-state index is 12.9. The molecule has 0 radical (unpaired) electrons. The third kappa shape index (κ3) is 3.15. The fourth-order valence-electron chi connectivity index (χ4n) is 4.06. The Labute approximate surface area is 166 Å². The van der Waals surface area contributed by atoms with E-state index in [1.165, 1.54) is 22.2 Å². The number of benzene rings is 1. The van der Waals surface area contributed by atoms with Gasteiger partial charge in [0.15, 0.2) is 10.9 Å². The lowest BCUT2D eigenvalue weighted by atomic mass is 9.97. The molecule has 140 valence electrons. The summed E-state index contributed by atoms with van der Waals surface area (Å²) in [5.74, 6) is 0.361. The molecule has 0 unspecified atom stereocenters. The van der Waals surface area contributed by atoms with E-state index < -0.39 is 0 Å². The number of fused-ring (bicyclic) bond motifs is 3. The van der Waals surface area contributed by atoms with E-state index in [0.717, 1.165) is 51.7 Å². The van der Waals surface area contributed by atoms with Crippen molar-refractivity contribution in [2.24, 2.45) is 7.05 Å². The molecule has 0 bridgehead atoms. The van der Waals surface area contributed by atoms with Gasteiger partial charge >= 0.3 is 0 Å². The summed E-state index contributed by atoms with van der Waals surface area (Å²) < 4.78 is 1.60. The van der Waals surface area contributed by atoms with Crippen LogP contribution < -0.4 is 5.56 Å². The minimum atomic E-state index is 0.0112. The lowest BCUT2D eigenvalue weighted by molar-refractivity contribution is 0.102. The number of nitrogens with zero attached hydrogens (tertiary/aromatic N) is 2. The van der Waals surface area contributed by atoms with Crippen LogP contribution in [0.5, 0.6) is 0 Å². The number of thiophene rings is 1. The number of aryl methyl sites for hydroxylation is 5. The fourth-order valence-corrected chi connectivity index (χ4v) is 6.20. The highest BCUT2D eigenvalue weighted by Crippen LogP contribution is 2.35. The second-order valence-electron chi connectivity index (χ2n) is 7.28. The van der Waals surface area contributed by atoms with Crippen molar-refractivity contribution in [2.45, 2.75) is 45.2 Å². The molecule has 4 nitrogen and oxygen atoms in total. The van der Waals surface area contributed by atoms with Crippen molar-refractivity contribution in [3.8, 4) is 0 Å². The Hall–Kier alpha value is -1.92. The van der Waals surface area contributed by atoms with Crippen molar-refractivity contribution in [3.63, 3.8) is 0 Å². The van der Waals surface area contributed by atoms with Gasteiger partial charge in [0, 0.05) is 17.5 Å². The Morgan fingerprint density at radius 1 is 1.22 bits per heavy atom. The normalized spacial score (nSPS) is 13.3. The first-order valence-electron chi connectivity index (χ1n) is 9.12. The number of carbonyl (C=O) groups excluding carboxylic acids is 1. The van der Waals surface area contributed by atoms with Gasteiger partial charge in [-0.15, -0.1) is 11.3 Å². The number of carbonyl (C=O) groups is 1. The Kier molecular flexibility index (Phi) is 4.72. The summed E-state index contributed by atoms with van der Waals surface area (Å²) in [5.41, 5.74) is 5.16. The van der Waals surface area contributed by atoms with Gasteiger partial charge in [-0.25, -0.2) is 4.98 Å². The second-order valence-corrected chi connectivity index (χ2v) is 9.31. The van der Waals surface area contributed by atoms with Gasteiger partial charge in [0.05, 0.1) is 11.1 Å². The van der Waals surface area contributed by atoms with Crippen molar-refractivity contribution >= 4 is 39.1 Å². The lowest BCUT2D eigenvalue weighted by Gasteiger charge is -2.11. The van der Waals surface area contributed by atoms with Gasteiger partial charge in [0.2, 0.25) is 0 Å². The Morgan fingerprint density at radius 2 is 1.93 bits per heavy atom.